The quantitative estimate of drug-likeness (QED) is 0.781. The lowest BCUT2D eigenvalue weighted by Gasteiger charge is -2.03. The number of hydrogen-bond acceptors (Lipinski definition) is 3. The Morgan fingerprint density at radius 2 is 2.36 bits per heavy atom. The fourth-order valence-electron chi connectivity index (χ4n) is 0.912. The predicted molar refractivity (Wildman–Crippen MR) is 48.9 cm³/mol. The van der Waals surface area contributed by atoms with Gasteiger partial charge in [0.05, 0.1) is 24.7 Å². The van der Waals surface area contributed by atoms with E-state index in [2.05, 4.69) is 0 Å². The van der Waals surface area contributed by atoms with Crippen LogP contribution in [0.5, 0.6) is 5.75 Å². The summed E-state index contributed by atoms with van der Waals surface area (Å²) in [6.45, 7) is 0.115. The van der Waals surface area contributed by atoms with Crippen LogP contribution in [0.3, 0.4) is 0 Å². The van der Waals surface area contributed by atoms with Crippen molar-refractivity contribution >= 4 is 5.97 Å². The monoisotopic (exact) mass is 191 g/mol. The van der Waals surface area contributed by atoms with Crippen molar-refractivity contribution in [3.8, 4) is 11.8 Å². The minimum atomic E-state index is -0.901. The number of aliphatic carboxylic acids is 1. The summed E-state index contributed by atoms with van der Waals surface area (Å²) in [4.78, 5) is 10.2. The molecular formula is C10H9NO3. The van der Waals surface area contributed by atoms with Crippen LogP contribution in [0, 0.1) is 11.3 Å². The highest BCUT2D eigenvalue weighted by molar-refractivity contribution is 5.66. The van der Waals surface area contributed by atoms with Gasteiger partial charge in [0.2, 0.25) is 0 Å². The first-order valence-corrected chi connectivity index (χ1v) is 4.07. The molecule has 0 unspecified atom stereocenters. The molecule has 0 fully saturated rings. The summed E-state index contributed by atoms with van der Waals surface area (Å²) in [6.07, 6.45) is -0.0449. The molecule has 0 aliphatic heterocycles. The maximum absolute atomic E-state index is 10.2. The van der Waals surface area contributed by atoms with Gasteiger partial charge in [0.15, 0.2) is 0 Å². The summed E-state index contributed by atoms with van der Waals surface area (Å²) in [5.41, 5.74) is 0.498. The maximum Gasteiger partial charge on any atom is 0.306 e. The van der Waals surface area contributed by atoms with Crippen LogP contribution in [0.2, 0.25) is 0 Å². The van der Waals surface area contributed by atoms with Gasteiger partial charge in [0.25, 0.3) is 0 Å². The van der Waals surface area contributed by atoms with Gasteiger partial charge in [-0.3, -0.25) is 4.79 Å². The molecule has 0 amide bonds. The van der Waals surface area contributed by atoms with Crippen molar-refractivity contribution < 1.29 is 14.6 Å². The van der Waals surface area contributed by atoms with E-state index in [-0.39, 0.29) is 13.0 Å². The van der Waals surface area contributed by atoms with Crippen LogP contribution in [0.25, 0.3) is 0 Å². The molecular weight excluding hydrogens is 182 g/mol. The van der Waals surface area contributed by atoms with Crippen LogP contribution in [-0.4, -0.2) is 17.7 Å². The zero-order valence-electron chi connectivity index (χ0n) is 7.43. The number of nitriles is 1. The molecule has 0 saturated carbocycles. The molecule has 72 valence electrons. The average Bonchev–Trinajstić information content (AvgIpc) is 2.18. The fourth-order valence-corrected chi connectivity index (χ4v) is 0.912. The Labute approximate surface area is 81.4 Å². The molecule has 0 atom stereocenters. The topological polar surface area (TPSA) is 70.3 Å². The van der Waals surface area contributed by atoms with Crippen molar-refractivity contribution in [1.82, 2.24) is 0 Å². The Bertz CT molecular complexity index is 368. The smallest absolute Gasteiger partial charge is 0.306 e. The molecule has 0 bridgehead atoms. The number of carboxylic acid groups (broad SMARTS) is 1. The number of ether oxygens (including phenoxy) is 1. The molecule has 0 aliphatic carbocycles. The van der Waals surface area contributed by atoms with Crippen LogP contribution < -0.4 is 4.74 Å². The first-order valence-electron chi connectivity index (χ1n) is 4.07. The molecule has 1 aromatic carbocycles. The van der Waals surface area contributed by atoms with E-state index in [0.717, 1.165) is 0 Å². The highest BCUT2D eigenvalue weighted by atomic mass is 16.5. The molecule has 1 aromatic rings. The van der Waals surface area contributed by atoms with Crippen LogP contribution in [0.1, 0.15) is 12.0 Å². The molecule has 0 saturated heterocycles. The van der Waals surface area contributed by atoms with Crippen molar-refractivity contribution in [1.29, 1.82) is 5.26 Å². The number of carboxylic acids is 1. The molecule has 1 N–H and O–H groups in total. The van der Waals surface area contributed by atoms with Gasteiger partial charge >= 0.3 is 5.97 Å². The van der Waals surface area contributed by atoms with E-state index in [1.165, 1.54) is 0 Å². The number of hydrogen-bond donors (Lipinski definition) is 1. The Balaban J connectivity index is 2.51. The largest absolute Gasteiger partial charge is 0.493 e. The minimum Gasteiger partial charge on any atom is -0.493 e. The normalized spacial score (nSPS) is 9.07. The highest BCUT2D eigenvalue weighted by Crippen LogP contribution is 2.12. The zero-order chi connectivity index (χ0) is 10.4. The van der Waals surface area contributed by atoms with Crippen molar-refractivity contribution in [2.75, 3.05) is 6.61 Å². The van der Waals surface area contributed by atoms with Gasteiger partial charge in [-0.2, -0.15) is 5.26 Å². The molecule has 0 radical (unpaired) electrons. The van der Waals surface area contributed by atoms with E-state index in [1.54, 1.807) is 24.3 Å². The molecule has 1 rings (SSSR count). The highest BCUT2D eigenvalue weighted by Gasteiger charge is 1.99. The van der Waals surface area contributed by atoms with E-state index in [1.807, 2.05) is 6.07 Å². The van der Waals surface area contributed by atoms with Crippen LogP contribution in [0.4, 0.5) is 0 Å². The van der Waals surface area contributed by atoms with Gasteiger partial charge < -0.3 is 9.84 Å². The van der Waals surface area contributed by atoms with Gasteiger partial charge in [0.1, 0.15) is 5.75 Å². The second kappa shape index (κ2) is 4.87. The van der Waals surface area contributed by atoms with Gasteiger partial charge in [-0.05, 0) is 18.2 Å². The Morgan fingerprint density at radius 1 is 1.57 bits per heavy atom. The molecule has 4 nitrogen and oxygen atoms in total. The number of rotatable bonds is 4. The van der Waals surface area contributed by atoms with E-state index >= 15 is 0 Å². The minimum absolute atomic E-state index is 0.0449. The van der Waals surface area contributed by atoms with Gasteiger partial charge in [-0.1, -0.05) is 6.07 Å². The van der Waals surface area contributed by atoms with E-state index in [4.69, 9.17) is 15.1 Å². The van der Waals surface area contributed by atoms with Crippen molar-refractivity contribution in [3.05, 3.63) is 29.8 Å². The van der Waals surface area contributed by atoms with Gasteiger partial charge in [-0.15, -0.1) is 0 Å². The average molecular weight is 191 g/mol. The Kier molecular flexibility index (Phi) is 3.50. The zero-order valence-corrected chi connectivity index (χ0v) is 7.43. The van der Waals surface area contributed by atoms with E-state index < -0.39 is 5.97 Å². The Morgan fingerprint density at radius 3 is 3.00 bits per heavy atom. The summed E-state index contributed by atoms with van der Waals surface area (Å²) in [7, 11) is 0. The summed E-state index contributed by atoms with van der Waals surface area (Å²) >= 11 is 0. The summed E-state index contributed by atoms with van der Waals surface area (Å²) < 4.78 is 5.13. The molecule has 0 aliphatic rings. The van der Waals surface area contributed by atoms with E-state index in [0.29, 0.717) is 11.3 Å². The van der Waals surface area contributed by atoms with Gasteiger partial charge in [-0.25, -0.2) is 0 Å². The number of nitrogens with zero attached hydrogens (tertiary/aromatic N) is 1. The predicted octanol–water partition coefficient (Wildman–Crippen LogP) is 1.41. The van der Waals surface area contributed by atoms with E-state index in [9.17, 15) is 4.79 Å². The van der Waals surface area contributed by atoms with Gasteiger partial charge in [0, 0.05) is 0 Å². The second-order valence-electron chi connectivity index (χ2n) is 2.63. The summed E-state index contributed by atoms with van der Waals surface area (Å²) in [6, 6.07) is 8.57. The van der Waals surface area contributed by atoms with Crippen LogP contribution in [0.15, 0.2) is 24.3 Å². The number of benzene rings is 1. The van der Waals surface area contributed by atoms with Crippen molar-refractivity contribution in [2.24, 2.45) is 0 Å². The summed E-state index contributed by atoms with van der Waals surface area (Å²) in [5.74, 6) is -0.383. The lowest BCUT2D eigenvalue weighted by Crippen LogP contribution is -2.04. The Hall–Kier alpha value is -2.02. The molecule has 4 heteroatoms. The van der Waals surface area contributed by atoms with Crippen LogP contribution in [-0.2, 0) is 4.79 Å². The third kappa shape index (κ3) is 3.15. The first kappa shape index (κ1) is 10.1. The number of carbonyl (C=O) groups is 1. The van der Waals surface area contributed by atoms with Crippen molar-refractivity contribution in [3.63, 3.8) is 0 Å². The maximum atomic E-state index is 10.2. The lowest BCUT2D eigenvalue weighted by molar-refractivity contribution is -0.137. The summed E-state index contributed by atoms with van der Waals surface area (Å²) in [5, 5.41) is 16.9. The first-order chi connectivity index (χ1) is 6.72. The molecule has 0 heterocycles. The van der Waals surface area contributed by atoms with Crippen molar-refractivity contribution in [2.45, 2.75) is 6.42 Å². The second-order valence-corrected chi connectivity index (χ2v) is 2.63. The standard InChI is InChI=1S/C10H9NO3/c11-7-8-2-1-3-9(6-8)14-5-4-10(12)13/h1-3,6H,4-5H2,(H,12,13). The third-order valence-corrected chi connectivity index (χ3v) is 1.55. The third-order valence-electron chi connectivity index (χ3n) is 1.55. The van der Waals surface area contributed by atoms with Crippen LogP contribution >= 0.6 is 0 Å². The SMILES string of the molecule is N#Cc1cccc(OCCC(=O)O)c1. The molecule has 0 spiro atoms. The molecule has 14 heavy (non-hydrogen) atoms. The molecule has 0 aromatic heterocycles. The fraction of sp³-hybridized carbons (Fsp3) is 0.200. The lowest BCUT2D eigenvalue weighted by atomic mass is 10.2.